The number of benzene rings is 1. The minimum Gasteiger partial charge on any atom is -0.388 e. The van der Waals surface area contributed by atoms with Crippen LogP contribution in [0, 0.1) is 5.41 Å². The minimum absolute atomic E-state index is 0.244. The Morgan fingerprint density at radius 2 is 1.73 bits per heavy atom. The summed E-state index contributed by atoms with van der Waals surface area (Å²) in [5.41, 5.74) is 1.63. The van der Waals surface area contributed by atoms with Crippen molar-refractivity contribution >= 4 is 0 Å². The first-order valence-electron chi connectivity index (χ1n) is 5.41. The SMILES string of the molecule is C=CC(C)(C)C1(O)Cc2ccccc2C1. The molecule has 0 fully saturated rings. The highest BCUT2D eigenvalue weighted by atomic mass is 16.3. The average Bonchev–Trinajstić information content (AvgIpc) is 2.55. The molecular formula is C14H18O. The summed E-state index contributed by atoms with van der Waals surface area (Å²) in [6, 6.07) is 8.27. The van der Waals surface area contributed by atoms with Crippen LogP contribution in [0.5, 0.6) is 0 Å². The van der Waals surface area contributed by atoms with Crippen LogP contribution in [0.2, 0.25) is 0 Å². The maximum absolute atomic E-state index is 10.7. The van der Waals surface area contributed by atoms with Crippen LogP contribution >= 0.6 is 0 Å². The summed E-state index contributed by atoms with van der Waals surface area (Å²) in [7, 11) is 0. The summed E-state index contributed by atoms with van der Waals surface area (Å²) in [5.74, 6) is 0. The molecule has 1 N–H and O–H groups in total. The Kier molecular flexibility index (Phi) is 2.23. The molecule has 1 aliphatic carbocycles. The second-order valence-corrected chi connectivity index (χ2v) is 5.08. The second kappa shape index (κ2) is 3.21. The van der Waals surface area contributed by atoms with Gasteiger partial charge in [-0.2, -0.15) is 0 Å². The van der Waals surface area contributed by atoms with E-state index in [0.29, 0.717) is 0 Å². The Morgan fingerprint density at radius 3 is 2.13 bits per heavy atom. The van der Waals surface area contributed by atoms with Crippen LogP contribution in [0.25, 0.3) is 0 Å². The Morgan fingerprint density at radius 1 is 1.27 bits per heavy atom. The summed E-state index contributed by atoms with van der Waals surface area (Å²) < 4.78 is 0. The molecule has 1 heteroatoms. The van der Waals surface area contributed by atoms with E-state index in [1.807, 2.05) is 32.1 Å². The van der Waals surface area contributed by atoms with Gasteiger partial charge in [-0.05, 0) is 11.1 Å². The lowest BCUT2D eigenvalue weighted by Gasteiger charge is -2.37. The molecule has 1 aromatic carbocycles. The minimum atomic E-state index is -0.668. The summed E-state index contributed by atoms with van der Waals surface area (Å²) >= 11 is 0. The molecule has 2 rings (SSSR count). The lowest BCUT2D eigenvalue weighted by Crippen LogP contribution is -2.44. The van der Waals surface area contributed by atoms with Crippen molar-refractivity contribution in [3.05, 3.63) is 48.0 Å². The van der Waals surface area contributed by atoms with Crippen LogP contribution < -0.4 is 0 Å². The molecule has 0 spiro atoms. The van der Waals surface area contributed by atoms with Crippen molar-refractivity contribution in [3.8, 4) is 0 Å². The molecule has 0 saturated heterocycles. The molecule has 0 radical (unpaired) electrons. The molecule has 15 heavy (non-hydrogen) atoms. The zero-order valence-electron chi connectivity index (χ0n) is 9.46. The Bertz CT molecular complexity index is 365. The van der Waals surface area contributed by atoms with Crippen molar-refractivity contribution in [1.29, 1.82) is 0 Å². The Labute approximate surface area is 91.4 Å². The van der Waals surface area contributed by atoms with Gasteiger partial charge in [-0.3, -0.25) is 0 Å². The van der Waals surface area contributed by atoms with Gasteiger partial charge in [0.25, 0.3) is 0 Å². The topological polar surface area (TPSA) is 20.2 Å². The Balaban J connectivity index is 2.36. The monoisotopic (exact) mass is 202 g/mol. The maximum Gasteiger partial charge on any atom is 0.0812 e. The third-order valence-electron chi connectivity index (χ3n) is 3.79. The van der Waals surface area contributed by atoms with E-state index >= 15 is 0 Å². The van der Waals surface area contributed by atoms with Gasteiger partial charge in [0.05, 0.1) is 5.60 Å². The highest BCUT2D eigenvalue weighted by Crippen LogP contribution is 2.42. The number of rotatable bonds is 2. The number of fused-ring (bicyclic) bond motifs is 1. The summed E-state index contributed by atoms with van der Waals surface area (Å²) in [5, 5.41) is 10.7. The van der Waals surface area contributed by atoms with Crippen LogP contribution in [0.3, 0.4) is 0 Å². The van der Waals surface area contributed by atoms with Gasteiger partial charge in [-0.25, -0.2) is 0 Å². The maximum atomic E-state index is 10.7. The van der Waals surface area contributed by atoms with E-state index in [1.165, 1.54) is 11.1 Å². The molecule has 0 atom stereocenters. The number of hydrogen-bond acceptors (Lipinski definition) is 1. The van der Waals surface area contributed by atoms with Crippen LogP contribution in [-0.2, 0) is 12.8 Å². The van der Waals surface area contributed by atoms with E-state index in [2.05, 4.69) is 18.7 Å². The highest BCUT2D eigenvalue weighted by molar-refractivity contribution is 5.37. The smallest absolute Gasteiger partial charge is 0.0812 e. The van der Waals surface area contributed by atoms with Gasteiger partial charge in [-0.1, -0.05) is 44.2 Å². The molecule has 0 heterocycles. The van der Waals surface area contributed by atoms with Crippen molar-refractivity contribution in [2.45, 2.75) is 32.3 Å². The molecular weight excluding hydrogens is 184 g/mol. The quantitative estimate of drug-likeness (QED) is 0.731. The van der Waals surface area contributed by atoms with Gasteiger partial charge in [0.2, 0.25) is 0 Å². The molecule has 0 bridgehead atoms. The molecule has 1 aliphatic rings. The molecule has 0 amide bonds. The lowest BCUT2D eigenvalue weighted by atomic mass is 9.73. The average molecular weight is 202 g/mol. The van der Waals surface area contributed by atoms with Crippen LogP contribution in [0.4, 0.5) is 0 Å². The van der Waals surface area contributed by atoms with Crippen LogP contribution in [0.1, 0.15) is 25.0 Å². The van der Waals surface area contributed by atoms with Crippen LogP contribution in [-0.4, -0.2) is 10.7 Å². The standard InChI is InChI=1S/C14H18O/c1-4-13(2,3)14(15)9-11-7-5-6-8-12(11)10-14/h4-8,15H,1,9-10H2,2-3H3. The first-order chi connectivity index (χ1) is 6.98. The van der Waals surface area contributed by atoms with Gasteiger partial charge < -0.3 is 5.11 Å². The summed E-state index contributed by atoms with van der Waals surface area (Å²) in [6.07, 6.45) is 3.34. The van der Waals surface area contributed by atoms with Gasteiger partial charge in [-0.15, -0.1) is 6.58 Å². The van der Waals surface area contributed by atoms with Gasteiger partial charge in [0.15, 0.2) is 0 Å². The molecule has 0 unspecified atom stereocenters. The molecule has 80 valence electrons. The third kappa shape index (κ3) is 1.51. The van der Waals surface area contributed by atoms with Crippen LogP contribution in [0.15, 0.2) is 36.9 Å². The van der Waals surface area contributed by atoms with Gasteiger partial charge in [0.1, 0.15) is 0 Å². The second-order valence-electron chi connectivity index (χ2n) is 5.08. The van der Waals surface area contributed by atoms with Crippen molar-refractivity contribution in [1.82, 2.24) is 0 Å². The first-order valence-corrected chi connectivity index (χ1v) is 5.41. The summed E-state index contributed by atoms with van der Waals surface area (Å²) in [4.78, 5) is 0. The molecule has 0 saturated carbocycles. The van der Waals surface area contributed by atoms with E-state index < -0.39 is 5.60 Å². The predicted octanol–water partition coefficient (Wildman–Crippen LogP) is 2.73. The van der Waals surface area contributed by atoms with Crippen molar-refractivity contribution in [3.63, 3.8) is 0 Å². The zero-order valence-corrected chi connectivity index (χ0v) is 9.46. The first kappa shape index (κ1) is 10.4. The predicted molar refractivity (Wildman–Crippen MR) is 62.8 cm³/mol. The molecule has 0 aromatic heterocycles. The van der Waals surface area contributed by atoms with Crippen molar-refractivity contribution in [2.75, 3.05) is 0 Å². The van der Waals surface area contributed by atoms with Gasteiger partial charge >= 0.3 is 0 Å². The third-order valence-corrected chi connectivity index (χ3v) is 3.79. The van der Waals surface area contributed by atoms with E-state index in [-0.39, 0.29) is 5.41 Å². The van der Waals surface area contributed by atoms with E-state index in [9.17, 15) is 5.11 Å². The molecule has 1 aromatic rings. The summed E-state index contributed by atoms with van der Waals surface area (Å²) in [6.45, 7) is 7.92. The number of aliphatic hydroxyl groups is 1. The molecule has 0 aliphatic heterocycles. The van der Waals surface area contributed by atoms with Crippen molar-refractivity contribution in [2.24, 2.45) is 5.41 Å². The molecule has 1 nitrogen and oxygen atoms in total. The number of hydrogen-bond donors (Lipinski definition) is 1. The van der Waals surface area contributed by atoms with Crippen molar-refractivity contribution < 1.29 is 5.11 Å². The fourth-order valence-electron chi connectivity index (χ4n) is 2.24. The normalized spacial score (nSPS) is 18.6. The fourth-order valence-corrected chi connectivity index (χ4v) is 2.24. The lowest BCUT2D eigenvalue weighted by molar-refractivity contribution is -0.0327. The highest BCUT2D eigenvalue weighted by Gasteiger charge is 2.45. The van der Waals surface area contributed by atoms with E-state index in [0.717, 1.165) is 12.8 Å². The zero-order chi connectivity index (χ0) is 11.1. The van der Waals surface area contributed by atoms with E-state index in [4.69, 9.17) is 0 Å². The fraction of sp³-hybridized carbons (Fsp3) is 0.429. The Hall–Kier alpha value is -1.08. The van der Waals surface area contributed by atoms with E-state index in [1.54, 1.807) is 0 Å². The van der Waals surface area contributed by atoms with Gasteiger partial charge in [0, 0.05) is 18.3 Å². The largest absolute Gasteiger partial charge is 0.388 e.